The Hall–Kier alpha value is -1.10. The summed E-state index contributed by atoms with van der Waals surface area (Å²) in [6.45, 7) is 6.97. The van der Waals surface area contributed by atoms with Crippen LogP contribution in [0.15, 0.2) is 0 Å². The molecule has 0 aromatic heterocycles. The van der Waals surface area contributed by atoms with Gasteiger partial charge in [-0.15, -0.1) is 0 Å². The van der Waals surface area contributed by atoms with Crippen LogP contribution in [-0.4, -0.2) is 42.0 Å². The van der Waals surface area contributed by atoms with E-state index in [1.807, 2.05) is 20.8 Å². The molecule has 1 saturated heterocycles. The lowest BCUT2D eigenvalue weighted by molar-refractivity contribution is -0.118. The maximum Gasteiger partial charge on any atom is 0.410 e. The number of carbonyl (C=O) groups is 2. The summed E-state index contributed by atoms with van der Waals surface area (Å²) in [6, 6.07) is 0. The summed E-state index contributed by atoms with van der Waals surface area (Å²) in [6.07, 6.45) is 3.18. The lowest BCUT2D eigenvalue weighted by Crippen LogP contribution is -2.39. The van der Waals surface area contributed by atoms with E-state index in [1.165, 1.54) is 0 Å². The quantitative estimate of drug-likeness (QED) is 0.850. The largest absolute Gasteiger partial charge is 0.444 e. The lowest BCUT2D eigenvalue weighted by Gasteiger charge is -2.28. The smallest absolute Gasteiger partial charge is 0.410 e. The third-order valence-corrected chi connectivity index (χ3v) is 3.16. The molecule has 19 heavy (non-hydrogen) atoms. The van der Waals surface area contributed by atoms with Gasteiger partial charge in [0.1, 0.15) is 11.4 Å². The second-order valence-electron chi connectivity index (χ2n) is 6.24. The second kappa shape index (κ2) is 6.89. The van der Waals surface area contributed by atoms with E-state index in [2.05, 4.69) is 0 Å². The van der Waals surface area contributed by atoms with Crippen LogP contribution in [0.1, 0.15) is 46.5 Å². The van der Waals surface area contributed by atoms with Gasteiger partial charge in [-0.2, -0.15) is 0 Å². The standard InChI is InChI=1S/C14H26N2O3/c1-14(2,3)19-13(18)16-7-5-4-6-11(10-16)8-12(17)9-15/h11H,4-10,15H2,1-3H3. The van der Waals surface area contributed by atoms with E-state index in [0.29, 0.717) is 19.5 Å². The van der Waals surface area contributed by atoms with Crippen LogP contribution in [0.25, 0.3) is 0 Å². The van der Waals surface area contributed by atoms with Crippen molar-refractivity contribution in [2.75, 3.05) is 19.6 Å². The van der Waals surface area contributed by atoms with Crippen LogP contribution < -0.4 is 5.73 Å². The number of rotatable bonds is 3. The molecule has 0 aliphatic carbocycles. The third-order valence-electron chi connectivity index (χ3n) is 3.16. The molecule has 0 aromatic carbocycles. The van der Waals surface area contributed by atoms with E-state index in [9.17, 15) is 9.59 Å². The first-order chi connectivity index (χ1) is 8.81. The molecule has 1 fully saturated rings. The molecule has 5 nitrogen and oxygen atoms in total. The molecule has 2 N–H and O–H groups in total. The Labute approximate surface area is 115 Å². The van der Waals surface area contributed by atoms with Crippen LogP contribution in [0.3, 0.4) is 0 Å². The fraction of sp³-hybridized carbons (Fsp3) is 0.857. The van der Waals surface area contributed by atoms with Gasteiger partial charge < -0.3 is 15.4 Å². The van der Waals surface area contributed by atoms with Crippen LogP contribution >= 0.6 is 0 Å². The summed E-state index contributed by atoms with van der Waals surface area (Å²) in [5, 5.41) is 0. The molecule has 110 valence electrons. The Bertz CT molecular complexity index is 323. The zero-order valence-electron chi connectivity index (χ0n) is 12.3. The summed E-state index contributed by atoms with van der Waals surface area (Å²) in [5.74, 6) is 0.280. The first-order valence-electron chi connectivity index (χ1n) is 7.01. The molecule has 0 aromatic rings. The van der Waals surface area contributed by atoms with Crippen LogP contribution in [-0.2, 0) is 9.53 Å². The van der Waals surface area contributed by atoms with E-state index in [-0.39, 0.29) is 24.3 Å². The van der Waals surface area contributed by atoms with Crippen LogP contribution in [0.4, 0.5) is 4.79 Å². The number of nitrogens with two attached hydrogens (primary N) is 1. The Balaban J connectivity index is 2.57. The molecule has 0 saturated carbocycles. The normalized spacial score (nSPS) is 20.8. The first-order valence-corrected chi connectivity index (χ1v) is 7.01. The molecule has 0 bridgehead atoms. The van der Waals surface area contributed by atoms with Gasteiger partial charge in [0.05, 0.1) is 6.54 Å². The molecular weight excluding hydrogens is 244 g/mol. The summed E-state index contributed by atoms with van der Waals surface area (Å²) in [4.78, 5) is 25.2. The van der Waals surface area contributed by atoms with Crippen molar-refractivity contribution < 1.29 is 14.3 Å². The van der Waals surface area contributed by atoms with Crippen molar-refractivity contribution in [2.45, 2.75) is 52.1 Å². The summed E-state index contributed by atoms with van der Waals surface area (Å²) >= 11 is 0. The highest BCUT2D eigenvalue weighted by Gasteiger charge is 2.27. The number of hydrogen-bond donors (Lipinski definition) is 1. The first kappa shape index (κ1) is 16.0. The predicted octanol–water partition coefficient (Wildman–Crippen LogP) is 1.94. The van der Waals surface area contributed by atoms with Crippen molar-refractivity contribution in [3.05, 3.63) is 0 Å². The molecule has 1 unspecified atom stereocenters. The lowest BCUT2D eigenvalue weighted by atomic mass is 9.97. The molecule has 1 aliphatic rings. The van der Waals surface area contributed by atoms with Crippen molar-refractivity contribution in [3.63, 3.8) is 0 Å². The molecule has 1 rings (SSSR count). The fourth-order valence-corrected chi connectivity index (χ4v) is 2.29. The number of nitrogens with zero attached hydrogens (tertiary/aromatic N) is 1. The summed E-state index contributed by atoms with van der Waals surface area (Å²) in [7, 11) is 0. The highest BCUT2D eigenvalue weighted by molar-refractivity contribution is 5.80. The van der Waals surface area contributed by atoms with Gasteiger partial charge in [-0.25, -0.2) is 4.79 Å². The van der Waals surface area contributed by atoms with Gasteiger partial charge in [0.25, 0.3) is 0 Å². The zero-order valence-corrected chi connectivity index (χ0v) is 12.3. The number of Topliss-reactive ketones (excluding diaryl/α,β-unsaturated/α-hetero) is 1. The van der Waals surface area contributed by atoms with Crippen LogP contribution in [0.5, 0.6) is 0 Å². The highest BCUT2D eigenvalue weighted by atomic mass is 16.6. The van der Waals surface area contributed by atoms with Crippen LogP contribution in [0.2, 0.25) is 0 Å². The number of hydrogen-bond acceptors (Lipinski definition) is 4. The van der Waals surface area contributed by atoms with Crippen LogP contribution in [0, 0.1) is 5.92 Å². The fourth-order valence-electron chi connectivity index (χ4n) is 2.29. The Morgan fingerprint density at radius 2 is 2.00 bits per heavy atom. The highest BCUT2D eigenvalue weighted by Crippen LogP contribution is 2.21. The van der Waals surface area contributed by atoms with Gasteiger partial charge in [0.15, 0.2) is 0 Å². The summed E-state index contributed by atoms with van der Waals surface area (Å²) < 4.78 is 5.39. The molecule has 0 radical (unpaired) electrons. The van der Waals surface area contributed by atoms with Gasteiger partial charge in [0.2, 0.25) is 0 Å². The minimum Gasteiger partial charge on any atom is -0.444 e. The minimum atomic E-state index is -0.480. The van der Waals surface area contributed by atoms with E-state index in [4.69, 9.17) is 10.5 Å². The number of ether oxygens (including phenoxy) is 1. The Morgan fingerprint density at radius 3 is 2.58 bits per heavy atom. The van der Waals surface area contributed by atoms with Gasteiger partial charge in [-0.1, -0.05) is 6.42 Å². The maximum absolute atomic E-state index is 12.1. The Kier molecular flexibility index (Phi) is 5.79. The molecule has 1 amide bonds. The average Bonchev–Trinajstić information content (AvgIpc) is 2.52. The van der Waals surface area contributed by atoms with Crippen molar-refractivity contribution in [1.82, 2.24) is 4.90 Å². The number of carbonyl (C=O) groups excluding carboxylic acids is 2. The second-order valence-corrected chi connectivity index (χ2v) is 6.24. The van der Waals surface area contributed by atoms with Crippen molar-refractivity contribution in [3.8, 4) is 0 Å². The SMILES string of the molecule is CC(C)(C)OC(=O)N1CCCCC(CC(=O)CN)C1. The van der Waals surface area contributed by atoms with Crippen molar-refractivity contribution >= 4 is 11.9 Å². The summed E-state index contributed by atoms with van der Waals surface area (Å²) in [5.41, 5.74) is 4.87. The Morgan fingerprint density at radius 1 is 1.32 bits per heavy atom. The zero-order chi connectivity index (χ0) is 14.5. The number of amides is 1. The van der Waals surface area contributed by atoms with Gasteiger partial charge >= 0.3 is 6.09 Å². The predicted molar refractivity (Wildman–Crippen MR) is 73.8 cm³/mol. The van der Waals surface area contributed by atoms with E-state index in [0.717, 1.165) is 19.3 Å². The molecule has 0 spiro atoms. The van der Waals surface area contributed by atoms with E-state index in [1.54, 1.807) is 4.90 Å². The third kappa shape index (κ3) is 6.05. The molecule has 1 atom stereocenters. The van der Waals surface area contributed by atoms with Gasteiger partial charge in [-0.05, 0) is 39.5 Å². The monoisotopic (exact) mass is 270 g/mol. The van der Waals surface area contributed by atoms with Crippen molar-refractivity contribution in [2.24, 2.45) is 11.7 Å². The van der Waals surface area contributed by atoms with E-state index >= 15 is 0 Å². The molecular formula is C14H26N2O3. The molecule has 5 heteroatoms. The average molecular weight is 270 g/mol. The number of ketones is 1. The maximum atomic E-state index is 12.1. The number of likely N-dealkylation sites (tertiary alicyclic amines) is 1. The van der Waals surface area contributed by atoms with Crippen molar-refractivity contribution in [1.29, 1.82) is 0 Å². The van der Waals surface area contributed by atoms with E-state index < -0.39 is 5.60 Å². The minimum absolute atomic E-state index is 0.0658. The topological polar surface area (TPSA) is 72.6 Å². The molecule has 1 aliphatic heterocycles. The van der Waals surface area contributed by atoms with Gasteiger partial charge in [0, 0.05) is 19.5 Å². The van der Waals surface area contributed by atoms with Gasteiger partial charge in [-0.3, -0.25) is 4.79 Å². The molecule has 1 heterocycles.